The van der Waals surface area contributed by atoms with Gasteiger partial charge in [-0.25, -0.2) is 4.98 Å². The molecule has 0 atom stereocenters. The van der Waals surface area contributed by atoms with E-state index in [2.05, 4.69) is 41.1 Å². The number of rotatable bonds is 7. The van der Waals surface area contributed by atoms with E-state index < -0.39 is 0 Å². The van der Waals surface area contributed by atoms with Crippen molar-refractivity contribution in [3.63, 3.8) is 0 Å². The highest BCUT2D eigenvalue weighted by molar-refractivity contribution is 7.98. The molecule has 0 spiro atoms. The highest BCUT2D eigenvalue weighted by Gasteiger charge is 2.15. The van der Waals surface area contributed by atoms with Crippen molar-refractivity contribution in [3.05, 3.63) is 53.6 Å². The van der Waals surface area contributed by atoms with Crippen LogP contribution in [-0.4, -0.2) is 34.6 Å². The third-order valence-electron chi connectivity index (χ3n) is 5.22. The van der Waals surface area contributed by atoms with Gasteiger partial charge in [-0.3, -0.25) is 5.41 Å². The number of hydrogen-bond donors (Lipinski definition) is 3. The molecule has 4 N–H and O–H groups in total. The summed E-state index contributed by atoms with van der Waals surface area (Å²) in [5, 5.41) is 12.0. The summed E-state index contributed by atoms with van der Waals surface area (Å²) in [6.07, 6.45) is 2.45. The Balaban J connectivity index is 1.44. The van der Waals surface area contributed by atoms with Gasteiger partial charge in [0.1, 0.15) is 17.7 Å². The van der Waals surface area contributed by atoms with Gasteiger partial charge in [-0.2, -0.15) is 0 Å². The molecule has 3 aromatic rings. The molecule has 152 valence electrons. The fraction of sp³-hybridized carbons (Fsp3) is 0.364. The molecule has 2 heterocycles. The Hall–Kier alpha value is -2.51. The van der Waals surface area contributed by atoms with Crippen LogP contribution in [0.1, 0.15) is 30.9 Å². The number of nitrogens with zero attached hydrogens (tertiary/aromatic N) is 2. The molecule has 0 aliphatic carbocycles. The Morgan fingerprint density at radius 3 is 2.69 bits per heavy atom. The molecule has 29 heavy (non-hydrogen) atoms. The lowest BCUT2D eigenvalue weighted by atomic mass is 10.1. The molecular weight excluding hydrogens is 382 g/mol. The van der Waals surface area contributed by atoms with Crippen LogP contribution in [-0.2, 0) is 12.3 Å². The van der Waals surface area contributed by atoms with Crippen molar-refractivity contribution in [1.29, 1.82) is 5.41 Å². The van der Waals surface area contributed by atoms with E-state index in [0.717, 1.165) is 60.2 Å². The molecule has 0 bridgehead atoms. The summed E-state index contributed by atoms with van der Waals surface area (Å²) in [4.78, 5) is 4.78. The van der Waals surface area contributed by atoms with E-state index in [9.17, 15) is 0 Å². The topological polar surface area (TPSA) is 89.0 Å². The first-order valence-electron chi connectivity index (χ1n) is 10.1. The van der Waals surface area contributed by atoms with Gasteiger partial charge in [0.2, 0.25) is 0 Å². The minimum Gasteiger partial charge on any atom is -0.490 e. The normalized spacial score (nSPS) is 14.9. The van der Waals surface area contributed by atoms with Crippen LogP contribution in [0.15, 0.2) is 47.6 Å². The zero-order chi connectivity index (χ0) is 20.2. The summed E-state index contributed by atoms with van der Waals surface area (Å²) in [6.45, 7) is 5.04. The monoisotopic (exact) mass is 409 g/mol. The van der Waals surface area contributed by atoms with Gasteiger partial charge in [-0.15, -0.1) is 0 Å². The van der Waals surface area contributed by atoms with Crippen molar-refractivity contribution >= 4 is 28.6 Å². The summed E-state index contributed by atoms with van der Waals surface area (Å²) in [5.41, 5.74) is 9.53. The molecule has 1 aromatic heterocycles. The van der Waals surface area contributed by atoms with Crippen molar-refractivity contribution in [2.75, 3.05) is 13.1 Å². The number of piperidine rings is 1. The quantitative estimate of drug-likeness (QED) is 0.314. The predicted molar refractivity (Wildman–Crippen MR) is 119 cm³/mol. The van der Waals surface area contributed by atoms with Crippen LogP contribution in [0.3, 0.4) is 0 Å². The van der Waals surface area contributed by atoms with Gasteiger partial charge in [0, 0.05) is 17.9 Å². The first kappa shape index (κ1) is 19.8. The molecule has 1 aliphatic rings. The Morgan fingerprint density at radius 2 is 2.00 bits per heavy atom. The summed E-state index contributed by atoms with van der Waals surface area (Å²) < 4.78 is 8.30. The van der Waals surface area contributed by atoms with E-state index in [-0.39, 0.29) is 5.84 Å². The Kier molecular flexibility index (Phi) is 6.06. The Morgan fingerprint density at radius 1 is 1.24 bits per heavy atom. The smallest absolute Gasteiger partial charge is 0.169 e. The molecule has 0 amide bonds. The molecule has 1 saturated heterocycles. The number of nitrogens with one attached hydrogen (secondary N) is 2. The van der Waals surface area contributed by atoms with E-state index in [0.29, 0.717) is 11.7 Å². The number of benzene rings is 2. The molecule has 4 rings (SSSR count). The zero-order valence-corrected chi connectivity index (χ0v) is 17.5. The fourth-order valence-corrected chi connectivity index (χ4v) is 4.64. The molecular formula is C22H27N5OS. The second kappa shape index (κ2) is 8.88. The molecule has 1 fully saturated rings. The number of imidazole rings is 1. The summed E-state index contributed by atoms with van der Waals surface area (Å²) in [5.74, 6) is 1.86. The van der Waals surface area contributed by atoms with Crippen molar-refractivity contribution in [3.8, 4) is 5.75 Å². The highest BCUT2D eigenvalue weighted by atomic mass is 32.2. The zero-order valence-electron chi connectivity index (χ0n) is 16.6. The van der Waals surface area contributed by atoms with E-state index >= 15 is 0 Å². The van der Waals surface area contributed by atoms with Crippen LogP contribution < -0.4 is 15.8 Å². The summed E-state index contributed by atoms with van der Waals surface area (Å²) in [6, 6.07) is 14.2. The SMILES string of the molecule is CCn1c(SCc2ccc(OC3CCNCC3)cc2)nc2cc(C(=N)N)ccc21. The Bertz CT molecular complexity index is 992. The lowest BCUT2D eigenvalue weighted by Gasteiger charge is -2.23. The van der Waals surface area contributed by atoms with Gasteiger partial charge in [-0.1, -0.05) is 23.9 Å². The van der Waals surface area contributed by atoms with Gasteiger partial charge < -0.3 is 20.4 Å². The van der Waals surface area contributed by atoms with Gasteiger partial charge in [0.25, 0.3) is 0 Å². The van der Waals surface area contributed by atoms with E-state index in [1.807, 2.05) is 18.2 Å². The number of amidine groups is 1. The van der Waals surface area contributed by atoms with Crippen molar-refractivity contribution in [1.82, 2.24) is 14.9 Å². The maximum absolute atomic E-state index is 7.63. The number of ether oxygens (including phenoxy) is 1. The van der Waals surface area contributed by atoms with Gasteiger partial charge >= 0.3 is 0 Å². The average molecular weight is 410 g/mol. The van der Waals surface area contributed by atoms with Gasteiger partial charge in [0.05, 0.1) is 11.0 Å². The molecule has 6 nitrogen and oxygen atoms in total. The molecule has 7 heteroatoms. The van der Waals surface area contributed by atoms with Crippen LogP contribution >= 0.6 is 11.8 Å². The van der Waals surface area contributed by atoms with Crippen molar-refractivity contribution in [2.24, 2.45) is 5.73 Å². The average Bonchev–Trinajstić information content (AvgIpc) is 3.10. The van der Waals surface area contributed by atoms with Crippen LogP contribution in [0.25, 0.3) is 11.0 Å². The van der Waals surface area contributed by atoms with Crippen LogP contribution in [0, 0.1) is 5.41 Å². The first-order valence-corrected chi connectivity index (χ1v) is 11.1. The highest BCUT2D eigenvalue weighted by Crippen LogP contribution is 2.28. The number of thioether (sulfide) groups is 1. The number of nitrogens with two attached hydrogens (primary N) is 1. The van der Waals surface area contributed by atoms with Crippen LogP contribution in [0.2, 0.25) is 0 Å². The number of hydrogen-bond acceptors (Lipinski definition) is 5. The molecule has 0 radical (unpaired) electrons. The maximum atomic E-state index is 7.63. The predicted octanol–water partition coefficient (Wildman–Crippen LogP) is 3.76. The molecule has 1 aliphatic heterocycles. The lowest BCUT2D eigenvalue weighted by Crippen LogP contribution is -2.34. The van der Waals surface area contributed by atoms with Gasteiger partial charge in [0.15, 0.2) is 5.16 Å². The van der Waals surface area contributed by atoms with Crippen LogP contribution in [0.4, 0.5) is 0 Å². The number of aryl methyl sites for hydroxylation is 1. The molecule has 0 unspecified atom stereocenters. The lowest BCUT2D eigenvalue weighted by molar-refractivity contribution is 0.162. The standard InChI is InChI=1S/C22H27N5OS/c1-2-27-20-8-5-16(21(23)24)13-19(20)26-22(27)29-14-15-3-6-17(7-4-15)28-18-9-11-25-12-10-18/h3-8,13,18,25H,2,9-12,14H2,1H3,(H3,23,24). The third kappa shape index (κ3) is 4.57. The van der Waals surface area contributed by atoms with Crippen molar-refractivity contribution in [2.45, 2.75) is 43.3 Å². The van der Waals surface area contributed by atoms with Crippen molar-refractivity contribution < 1.29 is 4.74 Å². The number of aromatic nitrogens is 2. The maximum Gasteiger partial charge on any atom is 0.169 e. The largest absolute Gasteiger partial charge is 0.490 e. The van der Waals surface area contributed by atoms with E-state index in [1.54, 1.807) is 11.8 Å². The second-order valence-electron chi connectivity index (χ2n) is 7.26. The molecule has 2 aromatic carbocycles. The second-order valence-corrected chi connectivity index (χ2v) is 8.20. The number of nitrogen functional groups attached to an aromatic ring is 1. The molecule has 0 saturated carbocycles. The first-order chi connectivity index (χ1) is 14.1. The fourth-order valence-electron chi connectivity index (χ4n) is 3.61. The number of fused-ring (bicyclic) bond motifs is 1. The third-order valence-corrected chi connectivity index (χ3v) is 6.27. The summed E-state index contributed by atoms with van der Waals surface area (Å²) in [7, 11) is 0. The minimum absolute atomic E-state index is 0.0685. The Labute approximate surface area is 175 Å². The minimum atomic E-state index is 0.0685. The summed E-state index contributed by atoms with van der Waals surface area (Å²) >= 11 is 1.72. The van der Waals surface area contributed by atoms with Crippen LogP contribution in [0.5, 0.6) is 5.75 Å². The van der Waals surface area contributed by atoms with Gasteiger partial charge in [-0.05, 0) is 68.8 Å². The van der Waals surface area contributed by atoms with E-state index in [1.165, 1.54) is 5.56 Å². The van der Waals surface area contributed by atoms with E-state index in [4.69, 9.17) is 20.9 Å².